The van der Waals surface area contributed by atoms with Gasteiger partial charge in [-0.2, -0.15) is 0 Å². The summed E-state index contributed by atoms with van der Waals surface area (Å²) in [5.74, 6) is 0.0458. The standard InChI is InChI=1S/C12H20N2O3S2/c1-4-13(2)11(15)7-5-9-14(3)19(16,17)12-8-6-10-18-12/h6,8,10H,4-5,7,9H2,1-3H3. The Morgan fingerprint density at radius 2 is 2.05 bits per heavy atom. The van der Waals surface area contributed by atoms with E-state index >= 15 is 0 Å². The van der Waals surface area contributed by atoms with E-state index in [2.05, 4.69) is 0 Å². The summed E-state index contributed by atoms with van der Waals surface area (Å²) < 4.78 is 25.8. The predicted molar refractivity (Wildman–Crippen MR) is 76.7 cm³/mol. The van der Waals surface area contributed by atoms with Crippen LogP contribution >= 0.6 is 11.3 Å². The molecule has 0 N–H and O–H groups in total. The van der Waals surface area contributed by atoms with Crippen LogP contribution in [0.25, 0.3) is 0 Å². The lowest BCUT2D eigenvalue weighted by atomic mass is 10.3. The van der Waals surface area contributed by atoms with E-state index in [0.717, 1.165) is 0 Å². The summed E-state index contributed by atoms with van der Waals surface area (Å²) in [5.41, 5.74) is 0. The molecule has 1 rings (SSSR count). The first-order valence-electron chi connectivity index (χ1n) is 6.13. The van der Waals surface area contributed by atoms with Crippen LogP contribution in [0, 0.1) is 0 Å². The van der Waals surface area contributed by atoms with Crippen molar-refractivity contribution in [3.05, 3.63) is 17.5 Å². The molecule has 0 atom stereocenters. The molecule has 0 unspecified atom stereocenters. The van der Waals surface area contributed by atoms with Gasteiger partial charge in [0.25, 0.3) is 10.0 Å². The van der Waals surface area contributed by atoms with Crippen LogP contribution in [0.5, 0.6) is 0 Å². The second-order valence-corrected chi connectivity index (χ2v) is 7.49. The number of sulfonamides is 1. The molecule has 19 heavy (non-hydrogen) atoms. The summed E-state index contributed by atoms with van der Waals surface area (Å²) in [6.45, 7) is 2.93. The topological polar surface area (TPSA) is 57.7 Å². The van der Waals surface area contributed by atoms with Crippen LogP contribution < -0.4 is 0 Å². The van der Waals surface area contributed by atoms with E-state index in [1.807, 2.05) is 6.92 Å². The van der Waals surface area contributed by atoms with Crippen LogP contribution in [0.1, 0.15) is 19.8 Å². The number of carbonyl (C=O) groups is 1. The second kappa shape index (κ2) is 7.02. The molecule has 0 saturated carbocycles. The number of nitrogens with zero attached hydrogens (tertiary/aromatic N) is 2. The van der Waals surface area contributed by atoms with Crippen molar-refractivity contribution in [1.82, 2.24) is 9.21 Å². The van der Waals surface area contributed by atoms with Crippen molar-refractivity contribution < 1.29 is 13.2 Å². The number of rotatable bonds is 7. The van der Waals surface area contributed by atoms with Gasteiger partial charge in [0, 0.05) is 33.6 Å². The van der Waals surface area contributed by atoms with Gasteiger partial charge in [0.2, 0.25) is 5.91 Å². The van der Waals surface area contributed by atoms with E-state index in [1.54, 1.807) is 36.5 Å². The molecule has 0 bridgehead atoms. The third-order valence-corrected chi connectivity index (χ3v) is 6.15. The van der Waals surface area contributed by atoms with Crippen molar-refractivity contribution in [3.63, 3.8) is 0 Å². The summed E-state index contributed by atoms with van der Waals surface area (Å²) in [6, 6.07) is 3.30. The lowest BCUT2D eigenvalue weighted by Gasteiger charge is -2.17. The average Bonchev–Trinajstić information content (AvgIpc) is 2.91. The maximum atomic E-state index is 12.1. The highest BCUT2D eigenvalue weighted by Gasteiger charge is 2.21. The Kier molecular flexibility index (Phi) is 5.96. The Labute approximate surface area is 118 Å². The zero-order valence-corrected chi connectivity index (χ0v) is 13.1. The fourth-order valence-electron chi connectivity index (χ4n) is 1.50. The fraction of sp³-hybridized carbons (Fsp3) is 0.583. The van der Waals surface area contributed by atoms with Crippen LogP contribution in [0.3, 0.4) is 0 Å². The third kappa shape index (κ3) is 4.29. The van der Waals surface area contributed by atoms with Gasteiger partial charge in [-0.1, -0.05) is 6.07 Å². The number of thiophene rings is 1. The van der Waals surface area contributed by atoms with Gasteiger partial charge in [-0.25, -0.2) is 12.7 Å². The van der Waals surface area contributed by atoms with Crippen molar-refractivity contribution in [1.29, 1.82) is 0 Å². The molecule has 0 aliphatic carbocycles. The maximum Gasteiger partial charge on any atom is 0.252 e. The van der Waals surface area contributed by atoms with Gasteiger partial charge >= 0.3 is 0 Å². The average molecular weight is 304 g/mol. The van der Waals surface area contributed by atoms with Gasteiger partial charge in [0.05, 0.1) is 0 Å². The molecule has 0 aliphatic rings. The van der Waals surface area contributed by atoms with Crippen molar-refractivity contribution in [2.75, 3.05) is 27.2 Å². The molecule has 7 heteroatoms. The second-order valence-electron chi connectivity index (χ2n) is 4.27. The third-order valence-electron chi connectivity index (χ3n) is 2.92. The lowest BCUT2D eigenvalue weighted by Crippen LogP contribution is -2.30. The van der Waals surface area contributed by atoms with E-state index in [-0.39, 0.29) is 5.91 Å². The molecule has 1 aromatic heterocycles. The van der Waals surface area contributed by atoms with Gasteiger partial charge in [-0.05, 0) is 24.8 Å². The smallest absolute Gasteiger partial charge is 0.252 e. The Bertz CT molecular complexity index is 497. The van der Waals surface area contributed by atoms with Crippen LogP contribution in [-0.2, 0) is 14.8 Å². The first-order chi connectivity index (χ1) is 8.89. The van der Waals surface area contributed by atoms with E-state index in [4.69, 9.17) is 0 Å². The Hall–Kier alpha value is -0.920. The normalized spacial score (nSPS) is 11.8. The molecule has 0 saturated heterocycles. The molecular formula is C12H20N2O3S2. The van der Waals surface area contributed by atoms with Crippen LogP contribution in [-0.4, -0.2) is 50.7 Å². The minimum atomic E-state index is -3.39. The molecule has 108 valence electrons. The Morgan fingerprint density at radius 3 is 2.58 bits per heavy atom. The highest BCUT2D eigenvalue weighted by atomic mass is 32.2. The quantitative estimate of drug-likeness (QED) is 0.769. The first-order valence-corrected chi connectivity index (χ1v) is 8.45. The highest BCUT2D eigenvalue weighted by Crippen LogP contribution is 2.19. The Morgan fingerprint density at radius 1 is 1.37 bits per heavy atom. The highest BCUT2D eigenvalue weighted by molar-refractivity contribution is 7.91. The number of carbonyl (C=O) groups excluding carboxylic acids is 1. The molecule has 0 radical (unpaired) electrons. The number of amides is 1. The van der Waals surface area contributed by atoms with Crippen molar-refractivity contribution in [2.24, 2.45) is 0 Å². The van der Waals surface area contributed by atoms with Gasteiger partial charge in [-0.15, -0.1) is 11.3 Å². The monoisotopic (exact) mass is 304 g/mol. The maximum absolute atomic E-state index is 12.1. The lowest BCUT2D eigenvalue weighted by molar-refractivity contribution is -0.129. The molecule has 0 fully saturated rings. The van der Waals surface area contributed by atoms with E-state index in [0.29, 0.717) is 30.1 Å². The zero-order valence-electron chi connectivity index (χ0n) is 11.5. The van der Waals surface area contributed by atoms with Gasteiger partial charge < -0.3 is 4.90 Å². The van der Waals surface area contributed by atoms with E-state index in [9.17, 15) is 13.2 Å². The minimum Gasteiger partial charge on any atom is -0.346 e. The summed E-state index contributed by atoms with van der Waals surface area (Å²) >= 11 is 1.20. The summed E-state index contributed by atoms with van der Waals surface area (Å²) in [4.78, 5) is 13.2. The van der Waals surface area contributed by atoms with E-state index < -0.39 is 10.0 Å². The van der Waals surface area contributed by atoms with Crippen molar-refractivity contribution >= 4 is 27.3 Å². The first kappa shape index (κ1) is 16.1. The number of hydrogen-bond acceptors (Lipinski definition) is 4. The van der Waals surface area contributed by atoms with Crippen LogP contribution in [0.15, 0.2) is 21.7 Å². The molecule has 1 amide bonds. The predicted octanol–water partition coefficient (Wildman–Crippen LogP) is 1.63. The van der Waals surface area contributed by atoms with Gasteiger partial charge in [-0.3, -0.25) is 4.79 Å². The molecule has 0 aliphatic heterocycles. The number of hydrogen-bond donors (Lipinski definition) is 0. The van der Waals surface area contributed by atoms with Crippen LogP contribution in [0.2, 0.25) is 0 Å². The summed E-state index contributed by atoms with van der Waals surface area (Å²) in [6.07, 6.45) is 0.902. The van der Waals surface area contributed by atoms with Gasteiger partial charge in [0.1, 0.15) is 4.21 Å². The van der Waals surface area contributed by atoms with Crippen molar-refractivity contribution in [3.8, 4) is 0 Å². The fourth-order valence-corrected chi connectivity index (χ4v) is 3.91. The largest absolute Gasteiger partial charge is 0.346 e. The molecular weight excluding hydrogens is 284 g/mol. The summed E-state index contributed by atoms with van der Waals surface area (Å²) in [7, 11) is -0.103. The molecule has 5 nitrogen and oxygen atoms in total. The van der Waals surface area contributed by atoms with E-state index in [1.165, 1.54) is 15.6 Å². The molecule has 1 heterocycles. The van der Waals surface area contributed by atoms with Gasteiger partial charge in [0.15, 0.2) is 0 Å². The SMILES string of the molecule is CCN(C)C(=O)CCCN(C)S(=O)(=O)c1cccs1. The molecule has 0 spiro atoms. The molecule has 0 aromatic carbocycles. The Balaban J connectivity index is 2.48. The van der Waals surface area contributed by atoms with Crippen LogP contribution in [0.4, 0.5) is 0 Å². The van der Waals surface area contributed by atoms with Crippen molar-refractivity contribution in [2.45, 2.75) is 24.0 Å². The zero-order chi connectivity index (χ0) is 14.5. The summed E-state index contributed by atoms with van der Waals surface area (Å²) in [5, 5.41) is 1.74. The minimum absolute atomic E-state index is 0.0458. The molecule has 1 aromatic rings.